The lowest BCUT2D eigenvalue weighted by Gasteiger charge is -2.06. The minimum atomic E-state index is 0.807. The standard InChI is InChI=1S/C14H15NO/c1-10-13(9-16)11(2)15(3)14(10)12-7-5-4-6-8-12/h4-9H,1-3H3. The molecular weight excluding hydrogens is 198 g/mol. The van der Waals surface area contributed by atoms with Crippen LogP contribution < -0.4 is 0 Å². The van der Waals surface area contributed by atoms with Crippen LogP contribution in [0.5, 0.6) is 0 Å². The number of rotatable bonds is 2. The van der Waals surface area contributed by atoms with Crippen LogP contribution in [0.4, 0.5) is 0 Å². The molecule has 2 rings (SSSR count). The van der Waals surface area contributed by atoms with Crippen LogP contribution in [0.1, 0.15) is 21.6 Å². The van der Waals surface area contributed by atoms with Crippen molar-refractivity contribution in [2.24, 2.45) is 7.05 Å². The van der Waals surface area contributed by atoms with E-state index in [0.717, 1.165) is 34.4 Å². The number of hydrogen-bond acceptors (Lipinski definition) is 1. The average Bonchev–Trinajstić information content (AvgIpc) is 2.51. The van der Waals surface area contributed by atoms with Crippen molar-refractivity contribution >= 4 is 6.29 Å². The Morgan fingerprint density at radius 1 is 1.12 bits per heavy atom. The van der Waals surface area contributed by atoms with E-state index in [0.29, 0.717) is 0 Å². The quantitative estimate of drug-likeness (QED) is 0.702. The second-order valence-corrected chi connectivity index (χ2v) is 4.02. The van der Waals surface area contributed by atoms with Crippen LogP contribution in [0, 0.1) is 13.8 Å². The third kappa shape index (κ3) is 1.47. The molecule has 0 spiro atoms. The number of hydrogen-bond donors (Lipinski definition) is 0. The fourth-order valence-corrected chi connectivity index (χ4v) is 2.18. The molecule has 0 saturated carbocycles. The third-order valence-electron chi connectivity index (χ3n) is 3.15. The van der Waals surface area contributed by atoms with E-state index < -0.39 is 0 Å². The molecular formula is C14H15NO. The molecule has 0 unspecified atom stereocenters. The zero-order chi connectivity index (χ0) is 11.7. The molecule has 82 valence electrons. The molecule has 16 heavy (non-hydrogen) atoms. The van der Waals surface area contributed by atoms with Gasteiger partial charge in [0.25, 0.3) is 0 Å². The van der Waals surface area contributed by atoms with Crippen LogP contribution >= 0.6 is 0 Å². The highest BCUT2D eigenvalue weighted by Gasteiger charge is 2.15. The van der Waals surface area contributed by atoms with E-state index in [1.165, 1.54) is 0 Å². The molecule has 1 aromatic carbocycles. The molecule has 0 N–H and O–H groups in total. The number of aldehydes is 1. The maximum Gasteiger partial charge on any atom is 0.152 e. The van der Waals surface area contributed by atoms with E-state index in [-0.39, 0.29) is 0 Å². The van der Waals surface area contributed by atoms with Gasteiger partial charge in [0.05, 0.1) is 5.69 Å². The van der Waals surface area contributed by atoms with Crippen molar-refractivity contribution < 1.29 is 4.79 Å². The Hall–Kier alpha value is -1.83. The van der Waals surface area contributed by atoms with E-state index in [9.17, 15) is 4.79 Å². The topological polar surface area (TPSA) is 22.0 Å². The second kappa shape index (κ2) is 3.97. The molecule has 1 heterocycles. The van der Waals surface area contributed by atoms with E-state index in [4.69, 9.17) is 0 Å². The van der Waals surface area contributed by atoms with Gasteiger partial charge in [-0.3, -0.25) is 4.79 Å². The van der Waals surface area contributed by atoms with E-state index in [1.54, 1.807) is 0 Å². The zero-order valence-corrected chi connectivity index (χ0v) is 9.82. The highest BCUT2D eigenvalue weighted by atomic mass is 16.1. The average molecular weight is 213 g/mol. The van der Waals surface area contributed by atoms with Gasteiger partial charge >= 0.3 is 0 Å². The molecule has 0 aliphatic rings. The number of benzene rings is 1. The fourth-order valence-electron chi connectivity index (χ4n) is 2.18. The predicted molar refractivity (Wildman–Crippen MR) is 65.7 cm³/mol. The summed E-state index contributed by atoms with van der Waals surface area (Å²) in [5.74, 6) is 0. The highest BCUT2D eigenvalue weighted by molar-refractivity contribution is 5.84. The molecule has 0 radical (unpaired) electrons. The molecule has 0 bridgehead atoms. The summed E-state index contributed by atoms with van der Waals surface area (Å²) >= 11 is 0. The van der Waals surface area contributed by atoms with Crippen molar-refractivity contribution in [3.63, 3.8) is 0 Å². The summed E-state index contributed by atoms with van der Waals surface area (Å²) in [6.07, 6.45) is 0.942. The highest BCUT2D eigenvalue weighted by Crippen LogP contribution is 2.28. The Labute approximate surface area is 95.5 Å². The minimum Gasteiger partial charge on any atom is -0.347 e. The lowest BCUT2D eigenvalue weighted by molar-refractivity contribution is 0.112. The van der Waals surface area contributed by atoms with Crippen molar-refractivity contribution in [3.05, 3.63) is 47.2 Å². The zero-order valence-electron chi connectivity index (χ0n) is 9.82. The Bertz CT molecular complexity index is 523. The summed E-state index contributed by atoms with van der Waals surface area (Å²) in [6, 6.07) is 10.2. The van der Waals surface area contributed by atoms with Crippen LogP contribution in [-0.4, -0.2) is 10.9 Å². The van der Waals surface area contributed by atoms with Gasteiger partial charge in [-0.05, 0) is 25.0 Å². The summed E-state index contributed by atoms with van der Waals surface area (Å²) in [4.78, 5) is 11.0. The van der Waals surface area contributed by atoms with Gasteiger partial charge in [0.2, 0.25) is 0 Å². The molecule has 0 saturated heterocycles. The van der Waals surface area contributed by atoms with Gasteiger partial charge in [0, 0.05) is 18.3 Å². The molecule has 0 fully saturated rings. The molecule has 1 aromatic heterocycles. The SMILES string of the molecule is Cc1c(C=O)c(C)n(C)c1-c1ccccc1. The number of nitrogens with zero attached hydrogens (tertiary/aromatic N) is 1. The fraction of sp³-hybridized carbons (Fsp3) is 0.214. The summed E-state index contributed by atoms with van der Waals surface area (Å²) in [7, 11) is 2.00. The molecule has 2 heteroatoms. The first kappa shape index (κ1) is 10.7. The molecule has 2 nitrogen and oxygen atoms in total. The van der Waals surface area contributed by atoms with Gasteiger partial charge in [-0.15, -0.1) is 0 Å². The third-order valence-corrected chi connectivity index (χ3v) is 3.15. The molecule has 0 aliphatic heterocycles. The number of aromatic nitrogens is 1. The van der Waals surface area contributed by atoms with Gasteiger partial charge in [0.15, 0.2) is 6.29 Å². The van der Waals surface area contributed by atoms with Crippen LogP contribution in [-0.2, 0) is 7.05 Å². The largest absolute Gasteiger partial charge is 0.347 e. The van der Waals surface area contributed by atoms with Crippen LogP contribution in [0.2, 0.25) is 0 Å². The first-order chi connectivity index (χ1) is 7.66. The summed E-state index contributed by atoms with van der Waals surface area (Å²) < 4.78 is 2.08. The minimum absolute atomic E-state index is 0.807. The summed E-state index contributed by atoms with van der Waals surface area (Å²) in [6.45, 7) is 3.97. The molecule has 0 atom stereocenters. The maximum absolute atomic E-state index is 11.0. The van der Waals surface area contributed by atoms with Gasteiger partial charge < -0.3 is 4.57 Å². The Morgan fingerprint density at radius 2 is 1.75 bits per heavy atom. The Balaban J connectivity index is 2.71. The Kier molecular flexibility index (Phi) is 2.65. The van der Waals surface area contributed by atoms with Gasteiger partial charge in [-0.1, -0.05) is 30.3 Å². The molecule has 0 amide bonds. The normalized spacial score (nSPS) is 10.4. The number of carbonyl (C=O) groups excluding carboxylic acids is 1. The summed E-state index contributed by atoms with van der Waals surface area (Å²) in [5.41, 5.74) is 5.16. The molecule has 2 aromatic rings. The second-order valence-electron chi connectivity index (χ2n) is 4.02. The lowest BCUT2D eigenvalue weighted by Crippen LogP contribution is -1.94. The van der Waals surface area contributed by atoms with E-state index in [1.807, 2.05) is 39.1 Å². The lowest BCUT2D eigenvalue weighted by atomic mass is 10.1. The smallest absolute Gasteiger partial charge is 0.152 e. The monoisotopic (exact) mass is 213 g/mol. The first-order valence-corrected chi connectivity index (χ1v) is 5.33. The van der Waals surface area contributed by atoms with Crippen molar-refractivity contribution in [2.45, 2.75) is 13.8 Å². The predicted octanol–water partition coefficient (Wildman–Crippen LogP) is 3.12. The maximum atomic E-state index is 11.0. The Morgan fingerprint density at radius 3 is 2.25 bits per heavy atom. The molecule has 0 aliphatic carbocycles. The van der Waals surface area contributed by atoms with Gasteiger partial charge in [0.1, 0.15) is 0 Å². The van der Waals surface area contributed by atoms with Gasteiger partial charge in [-0.2, -0.15) is 0 Å². The van der Waals surface area contributed by atoms with Crippen molar-refractivity contribution in [1.29, 1.82) is 0 Å². The van der Waals surface area contributed by atoms with Gasteiger partial charge in [-0.25, -0.2) is 0 Å². The van der Waals surface area contributed by atoms with Crippen molar-refractivity contribution in [2.75, 3.05) is 0 Å². The van der Waals surface area contributed by atoms with E-state index in [2.05, 4.69) is 16.7 Å². The van der Waals surface area contributed by atoms with Crippen LogP contribution in [0.25, 0.3) is 11.3 Å². The van der Waals surface area contributed by atoms with Crippen LogP contribution in [0.3, 0.4) is 0 Å². The van der Waals surface area contributed by atoms with Crippen molar-refractivity contribution in [3.8, 4) is 11.3 Å². The first-order valence-electron chi connectivity index (χ1n) is 5.33. The van der Waals surface area contributed by atoms with Crippen LogP contribution in [0.15, 0.2) is 30.3 Å². The number of carbonyl (C=O) groups is 1. The van der Waals surface area contributed by atoms with E-state index >= 15 is 0 Å². The summed E-state index contributed by atoms with van der Waals surface area (Å²) in [5, 5.41) is 0. The van der Waals surface area contributed by atoms with Crippen molar-refractivity contribution in [1.82, 2.24) is 4.57 Å².